The summed E-state index contributed by atoms with van der Waals surface area (Å²) in [6, 6.07) is 0. The van der Waals surface area contributed by atoms with Crippen molar-refractivity contribution in [3.63, 3.8) is 0 Å². The van der Waals surface area contributed by atoms with E-state index >= 15 is 0 Å². The number of aliphatic carboxylic acids is 1. The summed E-state index contributed by atoms with van der Waals surface area (Å²) in [5.41, 5.74) is 2.05. The molecule has 70 valence electrons. The highest BCUT2D eigenvalue weighted by Crippen LogP contribution is 2.22. The molecule has 4 nitrogen and oxygen atoms in total. The summed E-state index contributed by atoms with van der Waals surface area (Å²) in [5, 5.41) is 8.86. The zero-order valence-electron chi connectivity index (χ0n) is 7.53. The normalized spacial score (nSPS) is 21.2. The van der Waals surface area contributed by atoms with Gasteiger partial charge in [-0.15, -0.1) is 0 Å². The van der Waals surface area contributed by atoms with Crippen LogP contribution in [0.15, 0.2) is 6.33 Å². The third-order valence-corrected chi connectivity index (χ3v) is 2.66. The van der Waals surface area contributed by atoms with E-state index in [1.54, 1.807) is 6.33 Å². The first-order chi connectivity index (χ1) is 6.18. The van der Waals surface area contributed by atoms with Crippen molar-refractivity contribution in [2.24, 2.45) is 5.92 Å². The molecule has 0 saturated carbocycles. The topological polar surface area (TPSA) is 55.1 Å². The van der Waals surface area contributed by atoms with Gasteiger partial charge in [-0.3, -0.25) is 4.79 Å². The van der Waals surface area contributed by atoms with Crippen molar-refractivity contribution in [3.8, 4) is 0 Å². The third-order valence-electron chi connectivity index (χ3n) is 2.66. The van der Waals surface area contributed by atoms with Gasteiger partial charge in [0.25, 0.3) is 0 Å². The molecule has 0 amide bonds. The summed E-state index contributed by atoms with van der Waals surface area (Å²) < 4.78 is 2.05. The number of carbonyl (C=O) groups is 1. The van der Waals surface area contributed by atoms with Crippen LogP contribution >= 0.6 is 0 Å². The molecule has 1 aromatic rings. The van der Waals surface area contributed by atoms with E-state index in [2.05, 4.69) is 9.55 Å². The maximum absolute atomic E-state index is 10.8. The standard InChI is InChI=1S/C9H12N2O2/c1-6-8-4-7(9(12)13)2-3-11(8)5-10-6/h5,7H,2-4H2,1H3,(H,12,13). The Morgan fingerprint density at radius 3 is 3.23 bits per heavy atom. The molecule has 1 N–H and O–H groups in total. The third kappa shape index (κ3) is 1.32. The Kier molecular flexibility index (Phi) is 1.83. The lowest BCUT2D eigenvalue weighted by Gasteiger charge is -2.20. The van der Waals surface area contributed by atoms with E-state index in [1.807, 2.05) is 6.92 Å². The van der Waals surface area contributed by atoms with Gasteiger partial charge in [0.15, 0.2) is 0 Å². The fourth-order valence-electron chi connectivity index (χ4n) is 1.81. The van der Waals surface area contributed by atoms with Crippen LogP contribution in [0.1, 0.15) is 17.8 Å². The highest BCUT2D eigenvalue weighted by Gasteiger charge is 2.25. The number of imidazole rings is 1. The van der Waals surface area contributed by atoms with Gasteiger partial charge in [-0.25, -0.2) is 4.98 Å². The Balaban J connectivity index is 2.27. The molecule has 1 aliphatic rings. The maximum Gasteiger partial charge on any atom is 0.306 e. The van der Waals surface area contributed by atoms with Crippen molar-refractivity contribution < 1.29 is 9.90 Å². The monoisotopic (exact) mass is 180 g/mol. The van der Waals surface area contributed by atoms with Crippen LogP contribution in [-0.2, 0) is 17.8 Å². The average Bonchev–Trinajstić information content (AvgIpc) is 2.47. The predicted octanol–water partition coefficient (Wildman–Crippen LogP) is 0.839. The van der Waals surface area contributed by atoms with E-state index in [-0.39, 0.29) is 5.92 Å². The van der Waals surface area contributed by atoms with Gasteiger partial charge < -0.3 is 9.67 Å². The highest BCUT2D eigenvalue weighted by molar-refractivity contribution is 5.70. The number of nitrogens with zero attached hydrogens (tertiary/aromatic N) is 2. The maximum atomic E-state index is 10.8. The molecule has 1 atom stereocenters. The lowest BCUT2D eigenvalue weighted by molar-refractivity contribution is -0.142. The largest absolute Gasteiger partial charge is 0.481 e. The molecular weight excluding hydrogens is 168 g/mol. The molecule has 0 fully saturated rings. The van der Waals surface area contributed by atoms with E-state index in [0.29, 0.717) is 6.42 Å². The lowest BCUT2D eigenvalue weighted by atomic mass is 9.95. The number of aryl methyl sites for hydroxylation is 2. The van der Waals surface area contributed by atoms with Gasteiger partial charge in [-0.2, -0.15) is 0 Å². The number of fused-ring (bicyclic) bond motifs is 1. The minimum atomic E-state index is -0.688. The Hall–Kier alpha value is -1.32. The molecule has 0 spiro atoms. The van der Waals surface area contributed by atoms with E-state index in [9.17, 15) is 4.79 Å². The summed E-state index contributed by atoms with van der Waals surface area (Å²) in [6.07, 6.45) is 3.14. The molecule has 2 rings (SSSR count). The molecule has 0 bridgehead atoms. The fraction of sp³-hybridized carbons (Fsp3) is 0.556. The zero-order chi connectivity index (χ0) is 9.42. The Labute approximate surface area is 76.2 Å². The average molecular weight is 180 g/mol. The number of hydrogen-bond donors (Lipinski definition) is 1. The van der Waals surface area contributed by atoms with E-state index in [0.717, 1.165) is 24.4 Å². The van der Waals surface area contributed by atoms with E-state index < -0.39 is 5.97 Å². The van der Waals surface area contributed by atoms with Crippen LogP contribution in [0.2, 0.25) is 0 Å². The van der Waals surface area contributed by atoms with Crippen LogP contribution in [0.4, 0.5) is 0 Å². The summed E-state index contributed by atoms with van der Waals surface area (Å²) in [6.45, 7) is 2.71. The van der Waals surface area contributed by atoms with E-state index in [1.165, 1.54) is 0 Å². The molecule has 0 aromatic carbocycles. The second kappa shape index (κ2) is 2.87. The lowest BCUT2D eigenvalue weighted by Crippen LogP contribution is -2.25. The summed E-state index contributed by atoms with van der Waals surface area (Å²) >= 11 is 0. The van der Waals surface area contributed by atoms with Gasteiger partial charge in [0, 0.05) is 18.7 Å². The number of carboxylic acid groups (broad SMARTS) is 1. The summed E-state index contributed by atoms with van der Waals surface area (Å²) in [4.78, 5) is 14.9. The van der Waals surface area contributed by atoms with Crippen molar-refractivity contribution in [2.45, 2.75) is 26.3 Å². The summed E-state index contributed by atoms with van der Waals surface area (Å²) in [5.74, 6) is -0.908. The molecule has 0 radical (unpaired) electrons. The second-order valence-corrected chi connectivity index (χ2v) is 3.50. The smallest absolute Gasteiger partial charge is 0.306 e. The second-order valence-electron chi connectivity index (χ2n) is 3.50. The molecule has 2 heterocycles. The minimum absolute atomic E-state index is 0.220. The van der Waals surface area contributed by atoms with Crippen LogP contribution in [0.3, 0.4) is 0 Å². The molecular formula is C9H12N2O2. The SMILES string of the molecule is Cc1ncn2c1CC(C(=O)O)CC2. The van der Waals surface area contributed by atoms with Crippen molar-refractivity contribution >= 4 is 5.97 Å². The molecule has 4 heteroatoms. The van der Waals surface area contributed by atoms with Crippen LogP contribution in [0.25, 0.3) is 0 Å². The van der Waals surface area contributed by atoms with Crippen LogP contribution in [0.5, 0.6) is 0 Å². The van der Waals surface area contributed by atoms with Crippen molar-refractivity contribution in [3.05, 3.63) is 17.7 Å². The number of carboxylic acids is 1. The Morgan fingerprint density at radius 2 is 2.54 bits per heavy atom. The quantitative estimate of drug-likeness (QED) is 0.696. The van der Waals surface area contributed by atoms with Gasteiger partial charge in [0.1, 0.15) is 0 Å². The first-order valence-electron chi connectivity index (χ1n) is 4.42. The molecule has 13 heavy (non-hydrogen) atoms. The molecule has 1 unspecified atom stereocenters. The Morgan fingerprint density at radius 1 is 1.77 bits per heavy atom. The highest BCUT2D eigenvalue weighted by atomic mass is 16.4. The van der Waals surface area contributed by atoms with Gasteiger partial charge >= 0.3 is 5.97 Å². The first kappa shape index (κ1) is 8.29. The number of aromatic nitrogens is 2. The van der Waals surface area contributed by atoms with E-state index in [4.69, 9.17) is 5.11 Å². The first-order valence-corrected chi connectivity index (χ1v) is 4.42. The predicted molar refractivity (Wildman–Crippen MR) is 46.4 cm³/mol. The number of rotatable bonds is 1. The molecule has 0 saturated heterocycles. The van der Waals surface area contributed by atoms with Crippen molar-refractivity contribution in [2.75, 3.05) is 0 Å². The Bertz CT molecular complexity index is 343. The van der Waals surface area contributed by atoms with Crippen LogP contribution in [-0.4, -0.2) is 20.6 Å². The van der Waals surface area contributed by atoms with Gasteiger partial charge in [0.05, 0.1) is 17.9 Å². The number of hydrogen-bond acceptors (Lipinski definition) is 2. The molecule has 1 aliphatic heterocycles. The fourth-order valence-corrected chi connectivity index (χ4v) is 1.81. The van der Waals surface area contributed by atoms with Gasteiger partial charge in [-0.1, -0.05) is 0 Å². The van der Waals surface area contributed by atoms with Crippen LogP contribution < -0.4 is 0 Å². The summed E-state index contributed by atoms with van der Waals surface area (Å²) in [7, 11) is 0. The van der Waals surface area contributed by atoms with Crippen molar-refractivity contribution in [1.29, 1.82) is 0 Å². The molecule has 1 aromatic heterocycles. The van der Waals surface area contributed by atoms with Gasteiger partial charge in [0.2, 0.25) is 0 Å². The van der Waals surface area contributed by atoms with Crippen molar-refractivity contribution in [1.82, 2.24) is 9.55 Å². The molecule has 0 aliphatic carbocycles. The minimum Gasteiger partial charge on any atom is -0.481 e. The van der Waals surface area contributed by atoms with Gasteiger partial charge in [-0.05, 0) is 13.3 Å². The zero-order valence-corrected chi connectivity index (χ0v) is 7.53. The van der Waals surface area contributed by atoms with Crippen LogP contribution in [0, 0.1) is 12.8 Å².